The molecule has 3 heterocycles. The smallest absolute Gasteiger partial charge is 0.142 e. The number of aromatic nitrogens is 1. The molecular weight excluding hydrogens is 676 g/mol. The summed E-state index contributed by atoms with van der Waals surface area (Å²) in [6.07, 6.45) is 7.44. The van der Waals surface area contributed by atoms with Gasteiger partial charge in [-0.05, 0) is 90.7 Å². The quantitative estimate of drug-likeness (QED) is 0.0657. The van der Waals surface area contributed by atoms with E-state index in [1.165, 1.54) is 27.8 Å². The highest BCUT2D eigenvalue weighted by Crippen LogP contribution is 2.44. The van der Waals surface area contributed by atoms with Crippen LogP contribution in [-0.2, 0) is 19.6 Å². The lowest BCUT2D eigenvalue weighted by Crippen LogP contribution is -2.49. The number of nitrogens with zero attached hydrogens (tertiary/aromatic N) is 2. The number of nitrogens with one attached hydrogen (secondary N) is 2. The van der Waals surface area contributed by atoms with Crippen LogP contribution in [0.4, 0.5) is 0 Å². The molecule has 10 heteroatoms. The predicted molar refractivity (Wildman–Crippen MR) is 204 cm³/mol. The molecule has 276 valence electrons. The molecule has 2 unspecified atom stereocenters. The van der Waals surface area contributed by atoms with E-state index in [0.29, 0.717) is 56.2 Å². The number of likely N-dealkylation sites (tertiary alicyclic amines) is 1. The van der Waals surface area contributed by atoms with Crippen LogP contribution in [0.25, 0.3) is 11.1 Å². The SMILES string of the molecule is CCCC(O)CNCCCOc1cccc(-c2cccc3c2CC[C@@H]3Oc2cc(OCc3cncc(C4CN4)c3)c(CN3CC(O)C3)cc2Cl)c1C. The highest BCUT2D eigenvalue weighted by Gasteiger charge is 2.30. The molecule has 0 amide bonds. The lowest BCUT2D eigenvalue weighted by Gasteiger charge is -2.36. The van der Waals surface area contributed by atoms with Gasteiger partial charge >= 0.3 is 0 Å². The van der Waals surface area contributed by atoms with Gasteiger partial charge in [-0.25, -0.2) is 0 Å². The van der Waals surface area contributed by atoms with Crippen molar-refractivity contribution < 1.29 is 24.4 Å². The Labute approximate surface area is 312 Å². The largest absolute Gasteiger partial charge is 0.493 e. The predicted octanol–water partition coefficient (Wildman–Crippen LogP) is 6.70. The molecule has 1 aromatic heterocycles. The number of hydrogen-bond donors (Lipinski definition) is 4. The Kier molecular flexibility index (Phi) is 12.0. The third-order valence-corrected chi connectivity index (χ3v) is 10.6. The minimum Gasteiger partial charge on any atom is -0.493 e. The summed E-state index contributed by atoms with van der Waals surface area (Å²) in [5.74, 6) is 2.22. The number of hydrogen-bond acceptors (Lipinski definition) is 9. The van der Waals surface area contributed by atoms with Gasteiger partial charge < -0.3 is 35.1 Å². The van der Waals surface area contributed by atoms with Crippen molar-refractivity contribution in [1.29, 1.82) is 0 Å². The minimum absolute atomic E-state index is 0.147. The molecule has 9 nitrogen and oxygen atoms in total. The summed E-state index contributed by atoms with van der Waals surface area (Å²) in [4.78, 5) is 6.62. The second-order valence-electron chi connectivity index (χ2n) is 14.4. The van der Waals surface area contributed by atoms with Crippen LogP contribution in [0.5, 0.6) is 17.2 Å². The Bertz CT molecular complexity index is 1830. The summed E-state index contributed by atoms with van der Waals surface area (Å²) in [5.41, 5.74) is 9.11. The van der Waals surface area contributed by atoms with E-state index < -0.39 is 0 Å². The van der Waals surface area contributed by atoms with Gasteiger partial charge in [-0.3, -0.25) is 9.88 Å². The van der Waals surface area contributed by atoms with Crippen molar-refractivity contribution in [3.8, 4) is 28.4 Å². The van der Waals surface area contributed by atoms with E-state index in [-0.39, 0.29) is 18.3 Å². The zero-order chi connectivity index (χ0) is 36.0. The van der Waals surface area contributed by atoms with Crippen molar-refractivity contribution in [3.63, 3.8) is 0 Å². The maximum absolute atomic E-state index is 9.94. The van der Waals surface area contributed by atoms with Crippen molar-refractivity contribution >= 4 is 11.6 Å². The van der Waals surface area contributed by atoms with Gasteiger partial charge in [0.25, 0.3) is 0 Å². The molecule has 4 N–H and O–H groups in total. The van der Waals surface area contributed by atoms with Crippen LogP contribution in [0.15, 0.2) is 67.0 Å². The van der Waals surface area contributed by atoms with Crippen LogP contribution in [-0.4, -0.2) is 71.6 Å². The molecule has 2 saturated heterocycles. The van der Waals surface area contributed by atoms with Crippen molar-refractivity contribution in [3.05, 3.63) is 105 Å². The average molecular weight is 727 g/mol. The Hall–Kier alpha value is -3.70. The fourth-order valence-corrected chi connectivity index (χ4v) is 7.59. The summed E-state index contributed by atoms with van der Waals surface area (Å²) in [7, 11) is 0. The summed E-state index contributed by atoms with van der Waals surface area (Å²) in [6.45, 7) is 9.50. The highest BCUT2D eigenvalue weighted by molar-refractivity contribution is 6.32. The molecule has 7 rings (SSSR count). The number of rotatable bonds is 18. The van der Waals surface area contributed by atoms with Crippen LogP contribution in [0.2, 0.25) is 5.02 Å². The van der Waals surface area contributed by atoms with Gasteiger partial charge in [-0.15, -0.1) is 0 Å². The summed E-state index contributed by atoms with van der Waals surface area (Å²) in [6, 6.07) is 19.2. The number of aliphatic hydroxyl groups is 2. The maximum Gasteiger partial charge on any atom is 0.142 e. The van der Waals surface area contributed by atoms with Crippen LogP contribution in [0.3, 0.4) is 0 Å². The van der Waals surface area contributed by atoms with Crippen LogP contribution < -0.4 is 24.8 Å². The normalized spacial score (nSPS) is 18.9. The molecule has 4 aromatic rings. The number of benzene rings is 3. The van der Waals surface area contributed by atoms with E-state index in [1.54, 1.807) is 0 Å². The number of aliphatic hydroxyl groups excluding tert-OH is 2. The van der Waals surface area contributed by atoms with Gasteiger partial charge in [-0.1, -0.05) is 55.3 Å². The van der Waals surface area contributed by atoms with Gasteiger partial charge in [0.15, 0.2) is 0 Å². The highest BCUT2D eigenvalue weighted by atomic mass is 35.5. The number of ether oxygens (including phenoxy) is 3. The van der Waals surface area contributed by atoms with Crippen LogP contribution in [0, 0.1) is 6.92 Å². The molecule has 0 spiro atoms. The molecule has 3 atom stereocenters. The Morgan fingerprint density at radius 3 is 2.67 bits per heavy atom. The van der Waals surface area contributed by atoms with Gasteiger partial charge in [-0.2, -0.15) is 0 Å². The fourth-order valence-electron chi connectivity index (χ4n) is 7.36. The molecule has 3 aromatic carbocycles. The molecule has 1 aliphatic carbocycles. The van der Waals surface area contributed by atoms with E-state index in [1.807, 2.05) is 30.6 Å². The summed E-state index contributed by atoms with van der Waals surface area (Å²) >= 11 is 6.93. The standard InChI is InChI=1S/C42H51ClN4O5/c1-3-7-31(48)21-44-14-6-15-50-39-11-5-8-33(27(39)2)34-9-4-10-36-35(34)12-13-40(36)52-42-18-41(30(17-37(42)43)23-47-24-32(49)25-47)51-26-28-16-29(20-45-19-28)38-22-46-38/h4-5,8-11,16-20,31-32,38,40,44,46,48-49H,3,6-7,12-15,21-26H2,1-2H3/t31?,38?,40-/m0/s1. The van der Waals surface area contributed by atoms with Crippen LogP contribution in [0.1, 0.15) is 78.1 Å². The zero-order valence-electron chi connectivity index (χ0n) is 30.2. The van der Waals surface area contributed by atoms with Crippen LogP contribution >= 0.6 is 11.6 Å². The maximum atomic E-state index is 9.94. The van der Waals surface area contributed by atoms with E-state index >= 15 is 0 Å². The van der Waals surface area contributed by atoms with Crippen molar-refractivity contribution in [2.75, 3.05) is 39.3 Å². The van der Waals surface area contributed by atoms with Gasteiger partial charge in [0.2, 0.25) is 0 Å². The third-order valence-electron chi connectivity index (χ3n) is 10.3. The first kappa shape index (κ1) is 36.6. The number of pyridine rings is 1. The van der Waals surface area contributed by atoms with Gasteiger partial charge in [0, 0.05) is 68.4 Å². The Morgan fingerprint density at radius 2 is 1.87 bits per heavy atom. The molecule has 2 aliphatic heterocycles. The topological polar surface area (TPSA) is 118 Å². The number of β-amino-alcohol motifs (C(OH)–C–C–N with tert-alkyl or cyclic N) is 1. The molecule has 3 aliphatic rings. The summed E-state index contributed by atoms with van der Waals surface area (Å²) < 4.78 is 19.4. The van der Waals surface area contributed by atoms with Crippen molar-refractivity contribution in [1.82, 2.24) is 20.5 Å². The number of halogens is 1. The molecule has 0 bridgehead atoms. The number of fused-ring (bicyclic) bond motifs is 1. The fraction of sp³-hybridized carbons (Fsp3) is 0.452. The molecule has 52 heavy (non-hydrogen) atoms. The molecule has 0 radical (unpaired) electrons. The summed E-state index contributed by atoms with van der Waals surface area (Å²) in [5, 5.41) is 27.1. The molecular formula is C42H51ClN4O5. The van der Waals surface area contributed by atoms with E-state index in [4.69, 9.17) is 25.8 Å². The monoisotopic (exact) mass is 726 g/mol. The molecule has 0 saturated carbocycles. The average Bonchev–Trinajstić information content (AvgIpc) is 3.91. The van der Waals surface area contributed by atoms with E-state index in [2.05, 4.69) is 70.8 Å². The van der Waals surface area contributed by atoms with E-state index in [9.17, 15) is 10.2 Å². The van der Waals surface area contributed by atoms with Crippen molar-refractivity contribution in [2.45, 2.75) is 83.5 Å². The second kappa shape index (κ2) is 17.0. The van der Waals surface area contributed by atoms with Gasteiger partial charge in [0.1, 0.15) is 30.0 Å². The second-order valence-corrected chi connectivity index (χ2v) is 14.8. The van der Waals surface area contributed by atoms with E-state index in [0.717, 1.165) is 73.4 Å². The Balaban J connectivity index is 1.05. The zero-order valence-corrected chi connectivity index (χ0v) is 31.0. The van der Waals surface area contributed by atoms with Crippen molar-refractivity contribution in [2.24, 2.45) is 0 Å². The third kappa shape index (κ3) is 8.90. The molecule has 2 fully saturated rings. The first-order chi connectivity index (χ1) is 25.4. The Morgan fingerprint density at radius 1 is 1.04 bits per heavy atom. The first-order valence-electron chi connectivity index (χ1n) is 18.8. The minimum atomic E-state index is -0.289. The first-order valence-corrected chi connectivity index (χ1v) is 19.2. The van der Waals surface area contributed by atoms with Gasteiger partial charge in [0.05, 0.1) is 23.8 Å². The lowest BCUT2D eigenvalue weighted by molar-refractivity contribution is -0.00335. The lowest BCUT2D eigenvalue weighted by atomic mass is 9.93.